The summed E-state index contributed by atoms with van der Waals surface area (Å²) in [6.07, 6.45) is 92.3. The number of unbranched alkanes of at least 4 members (excludes halogenated alkanes) is 28. The van der Waals surface area contributed by atoms with E-state index < -0.39 is 97.5 Å². The van der Waals surface area contributed by atoms with Crippen molar-refractivity contribution in [2.24, 2.45) is 0 Å². The number of carbonyl (C=O) groups is 4. The van der Waals surface area contributed by atoms with Gasteiger partial charge in [-0.2, -0.15) is 0 Å². The molecule has 0 rings (SSSR count). The molecule has 0 aromatic carbocycles. The summed E-state index contributed by atoms with van der Waals surface area (Å²) in [7, 11) is -9.98. The van der Waals surface area contributed by atoms with E-state index in [2.05, 4.69) is 174 Å². The molecule has 0 spiro atoms. The molecule has 17 nitrogen and oxygen atoms in total. The molecule has 0 amide bonds. The second kappa shape index (κ2) is 80.0. The predicted octanol–water partition coefficient (Wildman–Crippen LogP) is 25.0. The standard InChI is InChI=1S/C89H150O17P2/c1-5-9-13-17-21-25-29-33-36-39-41-44-46-50-53-57-61-65-69-73-86(91)99-79-84(105-88(93)75-71-67-63-59-55-49-32-28-24-20-16-12-8-4)81-103-107(95,96)101-77-83(90)78-102-108(97,98)104-82-85(106-89(94)76-72-68-64-60-56-52-48-43-38-35-31-27-23-19-15-11-7-3)80-100-87(92)74-70-66-62-58-54-51-47-45-42-40-37-34-30-26-22-18-14-10-6-2/h9-11,13-15,21-23,25-28,32-38,41-42,44-45,83-85,90H,5-8,12,16-20,24,29-31,39-40,43,46-82H2,1-4H3,(H,95,96)(H,97,98)/b13-9-,14-10-,15-11-,25-21-,26-22-,27-23-,32-28-,36-33-,37-34-,38-35-,44-41-,45-42-. The van der Waals surface area contributed by atoms with Gasteiger partial charge in [0.15, 0.2) is 12.2 Å². The molecule has 0 aliphatic rings. The van der Waals surface area contributed by atoms with E-state index in [-0.39, 0.29) is 25.7 Å². The maximum atomic E-state index is 13.1. The molecule has 5 unspecified atom stereocenters. The van der Waals surface area contributed by atoms with Crippen molar-refractivity contribution in [2.45, 2.75) is 354 Å². The molecule has 0 heterocycles. The van der Waals surface area contributed by atoms with Crippen LogP contribution in [-0.2, 0) is 65.4 Å². The van der Waals surface area contributed by atoms with Crippen molar-refractivity contribution in [2.75, 3.05) is 39.6 Å². The Balaban J connectivity index is 5.39. The second-order valence-electron chi connectivity index (χ2n) is 27.6. The van der Waals surface area contributed by atoms with Crippen molar-refractivity contribution in [3.8, 4) is 0 Å². The summed E-state index contributed by atoms with van der Waals surface area (Å²) in [4.78, 5) is 73.2. The first-order chi connectivity index (χ1) is 52.7. The zero-order valence-corrected chi connectivity index (χ0v) is 69.5. The zero-order valence-electron chi connectivity index (χ0n) is 67.7. The number of phosphoric ester groups is 2. The lowest BCUT2D eigenvalue weighted by molar-refractivity contribution is -0.161. The van der Waals surface area contributed by atoms with Crippen LogP contribution in [0.5, 0.6) is 0 Å². The molecular weight excluding hydrogens is 1400 g/mol. The Morgan fingerprint density at radius 2 is 0.481 bits per heavy atom. The summed E-state index contributed by atoms with van der Waals surface area (Å²) in [6, 6.07) is 0. The molecule has 0 aromatic heterocycles. The molecular formula is C89H150O17P2. The van der Waals surface area contributed by atoms with Crippen LogP contribution < -0.4 is 0 Å². The first-order valence-corrected chi connectivity index (χ1v) is 45.1. The van der Waals surface area contributed by atoms with E-state index in [4.69, 9.17) is 37.0 Å². The normalized spacial score (nSPS) is 14.5. The monoisotopic (exact) mass is 1550 g/mol. The smallest absolute Gasteiger partial charge is 0.462 e. The van der Waals surface area contributed by atoms with E-state index in [1.807, 2.05) is 0 Å². The molecule has 0 fully saturated rings. The molecule has 0 aliphatic heterocycles. The van der Waals surface area contributed by atoms with E-state index in [1.165, 1.54) is 25.7 Å². The van der Waals surface area contributed by atoms with Crippen LogP contribution in [0.15, 0.2) is 146 Å². The van der Waals surface area contributed by atoms with Crippen molar-refractivity contribution in [3.63, 3.8) is 0 Å². The summed E-state index contributed by atoms with van der Waals surface area (Å²) in [5.74, 6) is -2.22. The average molecular weight is 1550 g/mol. The minimum Gasteiger partial charge on any atom is -0.462 e. The summed E-state index contributed by atoms with van der Waals surface area (Å²) < 4.78 is 68.8. The highest BCUT2D eigenvalue weighted by atomic mass is 31.2. The van der Waals surface area contributed by atoms with Crippen molar-refractivity contribution >= 4 is 39.5 Å². The number of esters is 4. The Morgan fingerprint density at radius 1 is 0.269 bits per heavy atom. The lowest BCUT2D eigenvalue weighted by atomic mass is 10.1. The highest BCUT2D eigenvalue weighted by molar-refractivity contribution is 7.47. The number of hydrogen-bond acceptors (Lipinski definition) is 15. The number of aliphatic hydroxyl groups excluding tert-OH is 1. The molecule has 19 heteroatoms. The Labute approximate surface area is 656 Å². The molecule has 0 aromatic rings. The maximum absolute atomic E-state index is 13.1. The fourth-order valence-electron chi connectivity index (χ4n) is 11.0. The molecule has 5 atom stereocenters. The molecule has 0 saturated heterocycles. The van der Waals surface area contributed by atoms with Gasteiger partial charge in [-0.05, 0) is 161 Å². The average Bonchev–Trinajstić information content (AvgIpc) is 0.916. The number of ether oxygens (including phenoxy) is 4. The van der Waals surface area contributed by atoms with E-state index in [0.29, 0.717) is 25.7 Å². The van der Waals surface area contributed by atoms with Gasteiger partial charge in [-0.3, -0.25) is 37.3 Å². The summed E-state index contributed by atoms with van der Waals surface area (Å²) in [5.41, 5.74) is 0. The Hall–Kier alpha value is -5.06. The van der Waals surface area contributed by atoms with Crippen molar-refractivity contribution in [1.82, 2.24) is 0 Å². The van der Waals surface area contributed by atoms with Crippen LogP contribution in [0.1, 0.15) is 336 Å². The van der Waals surface area contributed by atoms with Gasteiger partial charge in [0.2, 0.25) is 0 Å². The van der Waals surface area contributed by atoms with Crippen molar-refractivity contribution in [1.29, 1.82) is 0 Å². The third-order valence-electron chi connectivity index (χ3n) is 17.3. The largest absolute Gasteiger partial charge is 0.472 e. The number of aliphatic hydroxyl groups is 1. The van der Waals surface area contributed by atoms with E-state index >= 15 is 0 Å². The van der Waals surface area contributed by atoms with E-state index in [9.17, 15) is 43.2 Å². The highest BCUT2D eigenvalue weighted by Gasteiger charge is 2.30. The lowest BCUT2D eigenvalue weighted by Crippen LogP contribution is -2.30. The van der Waals surface area contributed by atoms with E-state index in [1.54, 1.807) is 0 Å². The molecule has 618 valence electrons. The maximum Gasteiger partial charge on any atom is 0.472 e. The fourth-order valence-corrected chi connectivity index (χ4v) is 12.6. The Morgan fingerprint density at radius 3 is 0.750 bits per heavy atom. The molecule has 0 bridgehead atoms. The van der Waals surface area contributed by atoms with Crippen LogP contribution in [0.3, 0.4) is 0 Å². The molecule has 0 radical (unpaired) electrons. The number of allylic oxidation sites excluding steroid dienone is 24. The first-order valence-electron chi connectivity index (χ1n) is 42.1. The number of phosphoric acid groups is 2. The first kappa shape index (κ1) is 103. The quantitative estimate of drug-likeness (QED) is 0.0169. The summed E-state index contributed by atoms with van der Waals surface area (Å²) in [6.45, 7) is 4.50. The predicted molar refractivity (Wildman–Crippen MR) is 445 cm³/mol. The molecule has 108 heavy (non-hydrogen) atoms. The van der Waals surface area contributed by atoms with Crippen molar-refractivity contribution in [3.05, 3.63) is 146 Å². The number of hydrogen-bond donors (Lipinski definition) is 3. The Bertz CT molecular complexity index is 2610. The van der Waals surface area contributed by atoms with Gasteiger partial charge in [0, 0.05) is 25.7 Å². The van der Waals surface area contributed by atoms with Gasteiger partial charge in [-0.1, -0.05) is 296 Å². The molecule has 3 N–H and O–H groups in total. The zero-order chi connectivity index (χ0) is 78.9. The number of carbonyl (C=O) groups excluding carboxylic acids is 4. The van der Waals surface area contributed by atoms with Gasteiger partial charge in [0.25, 0.3) is 0 Å². The minimum atomic E-state index is -4.99. The van der Waals surface area contributed by atoms with Gasteiger partial charge < -0.3 is 33.8 Å². The van der Waals surface area contributed by atoms with Gasteiger partial charge in [0.1, 0.15) is 19.3 Å². The van der Waals surface area contributed by atoms with Crippen LogP contribution in [-0.4, -0.2) is 96.7 Å². The third-order valence-corrected chi connectivity index (χ3v) is 19.2. The summed E-state index contributed by atoms with van der Waals surface area (Å²) >= 11 is 0. The topological polar surface area (TPSA) is 237 Å². The van der Waals surface area contributed by atoms with Crippen LogP contribution in [0, 0.1) is 0 Å². The number of rotatable bonds is 78. The molecule has 0 aliphatic carbocycles. The van der Waals surface area contributed by atoms with Crippen LogP contribution in [0.2, 0.25) is 0 Å². The van der Waals surface area contributed by atoms with Crippen molar-refractivity contribution < 1.29 is 80.2 Å². The summed E-state index contributed by atoms with van der Waals surface area (Å²) in [5, 5.41) is 10.7. The van der Waals surface area contributed by atoms with Crippen LogP contribution >= 0.6 is 15.6 Å². The van der Waals surface area contributed by atoms with Gasteiger partial charge in [-0.15, -0.1) is 0 Å². The van der Waals surface area contributed by atoms with E-state index in [0.717, 1.165) is 231 Å². The minimum absolute atomic E-state index is 0.0765. The van der Waals surface area contributed by atoms with Crippen LogP contribution in [0.25, 0.3) is 0 Å². The van der Waals surface area contributed by atoms with Gasteiger partial charge in [-0.25, -0.2) is 9.13 Å². The molecule has 0 saturated carbocycles. The highest BCUT2D eigenvalue weighted by Crippen LogP contribution is 2.45. The fraction of sp³-hybridized carbons (Fsp3) is 0.685. The lowest BCUT2D eigenvalue weighted by Gasteiger charge is -2.21. The second-order valence-corrected chi connectivity index (χ2v) is 30.5. The third kappa shape index (κ3) is 79.0. The van der Waals surface area contributed by atoms with Gasteiger partial charge in [0.05, 0.1) is 26.4 Å². The Kier molecular flexibility index (Phi) is 76.3. The van der Waals surface area contributed by atoms with Gasteiger partial charge >= 0.3 is 39.5 Å². The SMILES string of the molecule is CC/C=C\C/C=C\C/C=C\C/C=C\CCCCCCCCC(=O)OCC(COP(=O)(O)OCC(O)COP(=O)(O)OCC(COC(=O)CCCCCCCC/C=C\C/C=C\C/C=C\C/C=C\CC)OC(=O)CCCCCCCCC/C=C\C/C=C\C/C=C\CC)OC(=O)CCCCCCC/C=C\CCCCCC. The van der Waals surface area contributed by atoms with Crippen LogP contribution in [0.4, 0.5) is 0 Å².